The molecule has 0 aromatic heterocycles. The molecule has 6 nitrogen and oxygen atoms in total. The van der Waals surface area contributed by atoms with Crippen LogP contribution >= 0.6 is 0 Å². The summed E-state index contributed by atoms with van der Waals surface area (Å²) in [5.74, 6) is -0.939. The predicted molar refractivity (Wildman–Crippen MR) is 104 cm³/mol. The van der Waals surface area contributed by atoms with Gasteiger partial charge in [-0.25, -0.2) is 0 Å². The Bertz CT molecular complexity index is 984. The molecule has 0 aliphatic carbocycles. The van der Waals surface area contributed by atoms with E-state index in [0.29, 0.717) is 17.9 Å². The van der Waals surface area contributed by atoms with Crippen LogP contribution in [-0.2, 0) is 9.59 Å². The molecule has 0 radical (unpaired) electrons. The topological polar surface area (TPSA) is 67.9 Å². The lowest BCUT2D eigenvalue weighted by Crippen LogP contribution is -2.27. The summed E-state index contributed by atoms with van der Waals surface area (Å²) in [6, 6.07) is 11.7. The van der Waals surface area contributed by atoms with Gasteiger partial charge in [0.15, 0.2) is 0 Å². The summed E-state index contributed by atoms with van der Waals surface area (Å²) < 4.78 is 46.8. The summed E-state index contributed by atoms with van der Waals surface area (Å²) in [6.07, 6.45) is -4.00. The van der Waals surface area contributed by atoms with Crippen LogP contribution in [0.2, 0.25) is 0 Å². The molecular weight excluding hydrogens is 401 g/mol. The maximum absolute atomic E-state index is 12.6. The highest BCUT2D eigenvalue weighted by Gasteiger charge is 2.37. The van der Waals surface area contributed by atoms with Crippen molar-refractivity contribution >= 4 is 23.1 Å². The number of anilines is 1. The van der Waals surface area contributed by atoms with E-state index >= 15 is 0 Å². The van der Waals surface area contributed by atoms with Crippen molar-refractivity contribution in [3.05, 3.63) is 59.8 Å². The lowest BCUT2D eigenvalue weighted by Gasteiger charge is -2.12. The molecule has 30 heavy (non-hydrogen) atoms. The number of carbonyl (C=O) groups excluding carboxylic acids is 2. The Kier molecular flexibility index (Phi) is 6.00. The van der Waals surface area contributed by atoms with Crippen LogP contribution in [0.3, 0.4) is 0 Å². The van der Waals surface area contributed by atoms with E-state index in [1.807, 2.05) is 6.92 Å². The van der Waals surface area contributed by atoms with Crippen LogP contribution in [0.5, 0.6) is 11.5 Å². The minimum atomic E-state index is -4.84. The molecule has 1 aliphatic heterocycles. The summed E-state index contributed by atoms with van der Waals surface area (Å²) in [5.41, 5.74) is 0.732. The maximum atomic E-state index is 12.6. The van der Waals surface area contributed by atoms with E-state index in [0.717, 1.165) is 23.5 Å². The molecule has 0 unspecified atom stereocenters. The molecule has 2 aromatic carbocycles. The first-order chi connectivity index (χ1) is 14.2. The second-order valence-corrected chi connectivity index (χ2v) is 6.49. The summed E-state index contributed by atoms with van der Waals surface area (Å²) >= 11 is 0. The molecule has 1 aliphatic rings. The van der Waals surface area contributed by atoms with Crippen molar-refractivity contribution in [2.75, 3.05) is 19.0 Å². The first-order valence-electron chi connectivity index (χ1n) is 9.12. The van der Waals surface area contributed by atoms with Crippen LogP contribution in [0.4, 0.5) is 18.9 Å². The van der Waals surface area contributed by atoms with Gasteiger partial charge in [0.1, 0.15) is 17.2 Å². The minimum Gasteiger partial charge on any atom is -0.494 e. The first kappa shape index (κ1) is 21.2. The van der Waals surface area contributed by atoms with Crippen LogP contribution in [0.25, 0.3) is 5.57 Å². The van der Waals surface area contributed by atoms with Gasteiger partial charge in [0.25, 0.3) is 11.8 Å². The Hall–Kier alpha value is -3.49. The fourth-order valence-electron chi connectivity index (χ4n) is 2.88. The largest absolute Gasteiger partial charge is 0.573 e. The molecule has 1 N–H and O–H groups in total. The normalized spacial score (nSPS) is 14.4. The number of nitrogens with one attached hydrogen (secondary N) is 1. The van der Waals surface area contributed by atoms with Gasteiger partial charge < -0.3 is 14.8 Å². The standard InChI is InChI=1S/C21H19F3N2O4/c1-3-11-29-15-9-7-13(8-10-15)17-18(20(28)26(2)19(17)27)25-14-5-4-6-16(12-14)30-21(22,23)24/h4-10,12,25H,3,11H2,1-2H3. The summed E-state index contributed by atoms with van der Waals surface area (Å²) in [4.78, 5) is 26.1. The smallest absolute Gasteiger partial charge is 0.494 e. The third kappa shape index (κ3) is 4.73. The average Bonchev–Trinajstić information content (AvgIpc) is 2.90. The monoisotopic (exact) mass is 420 g/mol. The van der Waals surface area contributed by atoms with E-state index < -0.39 is 23.9 Å². The zero-order valence-corrected chi connectivity index (χ0v) is 16.2. The molecule has 0 bridgehead atoms. The van der Waals surface area contributed by atoms with Crippen LogP contribution in [0.1, 0.15) is 18.9 Å². The first-order valence-corrected chi connectivity index (χ1v) is 9.12. The van der Waals surface area contributed by atoms with Crippen molar-refractivity contribution < 1.29 is 32.2 Å². The molecule has 9 heteroatoms. The fraction of sp³-hybridized carbons (Fsp3) is 0.238. The number of ether oxygens (including phenoxy) is 2. The van der Waals surface area contributed by atoms with Gasteiger partial charge in [-0.3, -0.25) is 14.5 Å². The van der Waals surface area contributed by atoms with Crippen LogP contribution in [0.15, 0.2) is 54.2 Å². The fourth-order valence-corrected chi connectivity index (χ4v) is 2.88. The molecule has 0 saturated carbocycles. The lowest BCUT2D eigenvalue weighted by molar-refractivity contribution is -0.274. The number of carbonyl (C=O) groups is 2. The highest BCUT2D eigenvalue weighted by atomic mass is 19.4. The van der Waals surface area contributed by atoms with E-state index in [1.165, 1.54) is 19.2 Å². The Morgan fingerprint density at radius 2 is 1.70 bits per heavy atom. The van der Waals surface area contributed by atoms with E-state index in [4.69, 9.17) is 4.74 Å². The van der Waals surface area contributed by atoms with Gasteiger partial charge in [-0.1, -0.05) is 25.1 Å². The van der Waals surface area contributed by atoms with Gasteiger partial charge in [-0.2, -0.15) is 0 Å². The molecule has 2 amide bonds. The molecule has 0 saturated heterocycles. The lowest BCUT2D eigenvalue weighted by atomic mass is 10.0. The molecular formula is C21H19F3N2O4. The number of imide groups is 1. The Morgan fingerprint density at radius 3 is 2.33 bits per heavy atom. The second-order valence-electron chi connectivity index (χ2n) is 6.49. The number of hydrogen-bond acceptors (Lipinski definition) is 5. The quantitative estimate of drug-likeness (QED) is 0.681. The Labute approximate surface area is 170 Å². The highest BCUT2D eigenvalue weighted by Crippen LogP contribution is 2.32. The van der Waals surface area contributed by atoms with E-state index in [1.54, 1.807) is 24.3 Å². The van der Waals surface area contributed by atoms with Crippen LogP contribution < -0.4 is 14.8 Å². The van der Waals surface area contributed by atoms with Gasteiger partial charge >= 0.3 is 6.36 Å². The summed E-state index contributed by atoms with van der Waals surface area (Å²) in [7, 11) is 1.33. The zero-order chi connectivity index (χ0) is 21.9. The van der Waals surface area contributed by atoms with Crippen LogP contribution in [0, 0.1) is 0 Å². The number of likely N-dealkylation sites (N-methyl/N-ethyl adjacent to an activating group) is 1. The summed E-state index contributed by atoms with van der Waals surface area (Å²) in [5, 5.41) is 2.76. The highest BCUT2D eigenvalue weighted by molar-refractivity contribution is 6.36. The summed E-state index contributed by atoms with van der Waals surface area (Å²) in [6.45, 7) is 2.52. The molecule has 0 fully saturated rings. The number of alkyl halides is 3. The van der Waals surface area contributed by atoms with Crippen molar-refractivity contribution in [1.82, 2.24) is 4.90 Å². The number of halogens is 3. The maximum Gasteiger partial charge on any atom is 0.573 e. The van der Waals surface area contributed by atoms with Crippen molar-refractivity contribution in [1.29, 1.82) is 0 Å². The SMILES string of the molecule is CCCOc1ccc(C2=C(Nc3cccc(OC(F)(F)F)c3)C(=O)N(C)C2=O)cc1. The van der Waals surface area contributed by atoms with Gasteiger partial charge in [0, 0.05) is 18.8 Å². The second kappa shape index (κ2) is 8.48. The van der Waals surface area contributed by atoms with Crippen LogP contribution in [-0.4, -0.2) is 36.7 Å². The molecule has 2 aromatic rings. The molecule has 0 spiro atoms. The molecule has 1 heterocycles. The number of nitrogens with zero attached hydrogens (tertiary/aromatic N) is 1. The number of rotatable bonds is 7. The Balaban J connectivity index is 1.93. The van der Waals surface area contributed by atoms with Crippen molar-refractivity contribution in [3.63, 3.8) is 0 Å². The van der Waals surface area contributed by atoms with E-state index in [-0.39, 0.29) is 17.0 Å². The van der Waals surface area contributed by atoms with Crippen molar-refractivity contribution in [3.8, 4) is 11.5 Å². The molecule has 3 rings (SSSR count). The molecule has 158 valence electrons. The number of amides is 2. The average molecular weight is 420 g/mol. The zero-order valence-electron chi connectivity index (χ0n) is 16.2. The van der Waals surface area contributed by atoms with Crippen molar-refractivity contribution in [2.45, 2.75) is 19.7 Å². The minimum absolute atomic E-state index is 0.0334. The van der Waals surface area contributed by atoms with E-state index in [2.05, 4.69) is 10.1 Å². The van der Waals surface area contributed by atoms with E-state index in [9.17, 15) is 22.8 Å². The van der Waals surface area contributed by atoms with Crippen molar-refractivity contribution in [2.24, 2.45) is 0 Å². The van der Waals surface area contributed by atoms with Gasteiger partial charge in [-0.05, 0) is 36.2 Å². The third-order valence-corrected chi connectivity index (χ3v) is 4.24. The van der Waals surface area contributed by atoms with Gasteiger partial charge in [0.2, 0.25) is 0 Å². The van der Waals surface area contributed by atoms with Gasteiger partial charge in [0.05, 0.1) is 12.2 Å². The third-order valence-electron chi connectivity index (χ3n) is 4.24. The predicted octanol–water partition coefficient (Wildman–Crippen LogP) is 4.20. The molecule has 0 atom stereocenters. The van der Waals surface area contributed by atoms with Gasteiger partial charge in [-0.15, -0.1) is 13.2 Å². The number of benzene rings is 2. The number of hydrogen-bond donors (Lipinski definition) is 1. The Morgan fingerprint density at radius 1 is 1.00 bits per heavy atom.